The predicted octanol–water partition coefficient (Wildman–Crippen LogP) is 14.3. The third-order valence-corrected chi connectivity index (χ3v) is 11.0. The van der Waals surface area contributed by atoms with Crippen LogP contribution < -0.4 is 0 Å². The van der Waals surface area contributed by atoms with Crippen LogP contribution in [0.5, 0.6) is 0 Å². The molecule has 10 rings (SSSR count). The van der Waals surface area contributed by atoms with E-state index in [0.29, 0.717) is 0 Å². The smallest absolute Gasteiger partial charge is 0.136 e. The Labute approximate surface area is 294 Å². The number of hydrogen-bond acceptors (Lipinski definition) is 2. The molecule has 0 N–H and O–H groups in total. The van der Waals surface area contributed by atoms with E-state index in [1.807, 2.05) is 23.5 Å². The molecule has 0 saturated carbocycles. The molecule has 2 heterocycles. The lowest BCUT2D eigenvalue weighted by molar-refractivity contribution is 0.669. The molecule has 2 aromatic heterocycles. The van der Waals surface area contributed by atoms with Crippen molar-refractivity contribution >= 4 is 53.4 Å². The molecule has 0 aliphatic rings. The topological polar surface area (TPSA) is 13.1 Å². The van der Waals surface area contributed by atoms with Crippen LogP contribution >= 0.6 is 11.3 Å². The molecule has 50 heavy (non-hydrogen) atoms. The van der Waals surface area contributed by atoms with Crippen molar-refractivity contribution in [1.29, 1.82) is 0 Å². The van der Waals surface area contributed by atoms with Crippen LogP contribution in [0.25, 0.3) is 97.7 Å². The number of para-hydroxylation sites is 1. The average Bonchev–Trinajstić information content (AvgIpc) is 3.76. The molecule has 0 fully saturated rings. The van der Waals surface area contributed by atoms with E-state index in [1.165, 1.54) is 70.2 Å². The molecule has 10 aromatic rings. The molecule has 0 aliphatic heterocycles. The van der Waals surface area contributed by atoms with Crippen LogP contribution in [-0.2, 0) is 0 Å². The molecule has 0 unspecified atom stereocenters. The quantitative estimate of drug-likeness (QED) is 0.180. The molecule has 1 nitrogen and oxygen atoms in total. The van der Waals surface area contributed by atoms with Gasteiger partial charge in [-0.1, -0.05) is 140 Å². The molecule has 0 spiro atoms. The Hall–Kier alpha value is -6.22. The molecule has 2 heteroatoms. The van der Waals surface area contributed by atoms with Crippen LogP contribution in [0.15, 0.2) is 186 Å². The van der Waals surface area contributed by atoms with Crippen LogP contribution in [0.3, 0.4) is 0 Å². The first-order valence-electron chi connectivity index (χ1n) is 17.0. The van der Waals surface area contributed by atoms with Gasteiger partial charge in [-0.15, -0.1) is 11.3 Å². The summed E-state index contributed by atoms with van der Waals surface area (Å²) in [5.74, 6) is 0. The minimum Gasteiger partial charge on any atom is -0.456 e. The van der Waals surface area contributed by atoms with Crippen LogP contribution in [-0.4, -0.2) is 0 Å². The van der Waals surface area contributed by atoms with Gasteiger partial charge in [-0.25, -0.2) is 0 Å². The van der Waals surface area contributed by atoms with Crippen LogP contribution in [0.1, 0.15) is 0 Å². The van der Waals surface area contributed by atoms with E-state index in [4.69, 9.17) is 4.42 Å². The second kappa shape index (κ2) is 11.7. The van der Waals surface area contributed by atoms with E-state index in [2.05, 4.69) is 170 Å². The Morgan fingerprint density at radius 3 is 1.70 bits per heavy atom. The standard InChI is InChI=1S/C48H30OS/c1-3-11-31(12-4-1)32-19-21-34(22-20-32)42-27-35(23-25-38(42)33-13-5-2-6-14-33)37-28-43(48-41-16-8-10-18-46(41)50-47(48)30-37)36-24-26-40-39-15-7-9-17-44(39)49-45(40)29-36/h1-30H. The van der Waals surface area contributed by atoms with Gasteiger partial charge in [0.25, 0.3) is 0 Å². The fourth-order valence-electron chi connectivity index (χ4n) is 7.45. The van der Waals surface area contributed by atoms with Gasteiger partial charge in [0.05, 0.1) is 0 Å². The highest BCUT2D eigenvalue weighted by Gasteiger charge is 2.17. The molecule has 0 saturated heterocycles. The first-order valence-corrected chi connectivity index (χ1v) is 17.8. The fraction of sp³-hybridized carbons (Fsp3) is 0. The number of hydrogen-bond donors (Lipinski definition) is 0. The molecular weight excluding hydrogens is 625 g/mol. The average molecular weight is 655 g/mol. The molecule has 0 atom stereocenters. The molecule has 234 valence electrons. The lowest BCUT2D eigenvalue weighted by atomic mass is 9.89. The van der Waals surface area contributed by atoms with Crippen molar-refractivity contribution in [3.63, 3.8) is 0 Å². The molecule has 0 amide bonds. The van der Waals surface area contributed by atoms with E-state index in [-0.39, 0.29) is 0 Å². The highest BCUT2D eigenvalue weighted by Crippen LogP contribution is 2.45. The number of thiophene rings is 1. The van der Waals surface area contributed by atoms with E-state index < -0.39 is 0 Å². The number of furan rings is 1. The van der Waals surface area contributed by atoms with E-state index in [9.17, 15) is 0 Å². The summed E-state index contributed by atoms with van der Waals surface area (Å²) in [4.78, 5) is 0. The largest absolute Gasteiger partial charge is 0.456 e. The Balaban J connectivity index is 1.17. The first-order chi connectivity index (χ1) is 24.8. The Bertz CT molecular complexity index is 2840. The summed E-state index contributed by atoms with van der Waals surface area (Å²) in [5.41, 5.74) is 13.9. The molecule has 0 radical (unpaired) electrons. The van der Waals surface area contributed by atoms with Gasteiger partial charge in [-0.05, 0) is 98.1 Å². The van der Waals surface area contributed by atoms with Gasteiger partial charge >= 0.3 is 0 Å². The van der Waals surface area contributed by atoms with Gasteiger partial charge in [0, 0.05) is 30.9 Å². The Morgan fingerprint density at radius 2 is 0.880 bits per heavy atom. The van der Waals surface area contributed by atoms with Gasteiger partial charge < -0.3 is 4.42 Å². The van der Waals surface area contributed by atoms with Crippen molar-refractivity contribution in [3.8, 4) is 55.6 Å². The normalized spacial score (nSPS) is 11.6. The van der Waals surface area contributed by atoms with E-state index >= 15 is 0 Å². The van der Waals surface area contributed by atoms with Gasteiger partial charge in [-0.3, -0.25) is 0 Å². The molecule has 0 aliphatic carbocycles. The number of fused-ring (bicyclic) bond motifs is 6. The highest BCUT2D eigenvalue weighted by atomic mass is 32.1. The second-order valence-electron chi connectivity index (χ2n) is 12.9. The monoisotopic (exact) mass is 654 g/mol. The maximum absolute atomic E-state index is 6.37. The van der Waals surface area contributed by atoms with Crippen molar-refractivity contribution in [1.82, 2.24) is 0 Å². The zero-order valence-electron chi connectivity index (χ0n) is 27.1. The Morgan fingerprint density at radius 1 is 0.300 bits per heavy atom. The number of benzene rings is 8. The van der Waals surface area contributed by atoms with Crippen LogP contribution in [0, 0.1) is 0 Å². The summed E-state index contributed by atoms with van der Waals surface area (Å²) in [6.45, 7) is 0. The fourth-order valence-corrected chi connectivity index (χ4v) is 8.62. The maximum atomic E-state index is 6.37. The predicted molar refractivity (Wildman–Crippen MR) is 214 cm³/mol. The summed E-state index contributed by atoms with van der Waals surface area (Å²) >= 11 is 1.86. The first kappa shape index (κ1) is 28.8. The second-order valence-corrected chi connectivity index (χ2v) is 14.0. The maximum Gasteiger partial charge on any atom is 0.136 e. The van der Waals surface area contributed by atoms with Crippen molar-refractivity contribution in [2.24, 2.45) is 0 Å². The van der Waals surface area contributed by atoms with Gasteiger partial charge in [0.15, 0.2) is 0 Å². The molecular formula is C48H30OS. The van der Waals surface area contributed by atoms with Crippen molar-refractivity contribution in [2.45, 2.75) is 0 Å². The molecule has 8 aromatic carbocycles. The summed E-state index contributed by atoms with van der Waals surface area (Å²) < 4.78 is 8.95. The van der Waals surface area contributed by atoms with Gasteiger partial charge in [-0.2, -0.15) is 0 Å². The van der Waals surface area contributed by atoms with Crippen LogP contribution in [0.2, 0.25) is 0 Å². The van der Waals surface area contributed by atoms with Crippen LogP contribution in [0.4, 0.5) is 0 Å². The lowest BCUT2D eigenvalue weighted by Crippen LogP contribution is -1.89. The summed E-state index contributed by atoms with van der Waals surface area (Å²) in [7, 11) is 0. The number of rotatable bonds is 5. The van der Waals surface area contributed by atoms with E-state index in [1.54, 1.807) is 0 Å². The highest BCUT2D eigenvalue weighted by molar-refractivity contribution is 7.26. The van der Waals surface area contributed by atoms with Gasteiger partial charge in [0.1, 0.15) is 11.2 Å². The minimum absolute atomic E-state index is 0.912. The van der Waals surface area contributed by atoms with Crippen molar-refractivity contribution in [2.75, 3.05) is 0 Å². The minimum atomic E-state index is 0.912. The summed E-state index contributed by atoms with van der Waals surface area (Å²) in [6, 6.07) is 65.8. The van der Waals surface area contributed by atoms with Crippen molar-refractivity contribution < 1.29 is 4.42 Å². The van der Waals surface area contributed by atoms with E-state index in [0.717, 1.165) is 27.5 Å². The summed E-state index contributed by atoms with van der Waals surface area (Å²) in [5, 5.41) is 4.88. The summed E-state index contributed by atoms with van der Waals surface area (Å²) in [6.07, 6.45) is 0. The third-order valence-electron chi connectivity index (χ3n) is 9.91. The Kier molecular flexibility index (Phi) is 6.75. The SMILES string of the molecule is c1ccc(-c2ccc(-c3cc(-c4cc(-c5ccc6c(c5)oc5ccccc56)c5c(c4)sc4ccccc45)ccc3-c3ccccc3)cc2)cc1. The van der Waals surface area contributed by atoms with Gasteiger partial charge in [0.2, 0.25) is 0 Å². The zero-order chi connectivity index (χ0) is 33.0. The zero-order valence-corrected chi connectivity index (χ0v) is 28.0. The lowest BCUT2D eigenvalue weighted by Gasteiger charge is -2.15. The molecule has 0 bridgehead atoms. The third kappa shape index (κ3) is 4.84. The van der Waals surface area contributed by atoms with Crippen molar-refractivity contribution in [3.05, 3.63) is 182 Å².